The number of amides is 2. The Hall–Kier alpha value is -3.68. The minimum absolute atomic E-state index is 0.201. The zero-order valence-electron chi connectivity index (χ0n) is 23.8. The van der Waals surface area contributed by atoms with Crippen LogP contribution in [0.1, 0.15) is 58.9 Å². The van der Waals surface area contributed by atoms with Crippen LogP contribution in [-0.2, 0) is 9.47 Å². The van der Waals surface area contributed by atoms with Crippen LogP contribution >= 0.6 is 0 Å². The zero-order valence-corrected chi connectivity index (χ0v) is 23.8. The van der Waals surface area contributed by atoms with E-state index in [1.54, 1.807) is 0 Å². The van der Waals surface area contributed by atoms with Crippen LogP contribution in [0.15, 0.2) is 42.5 Å². The van der Waals surface area contributed by atoms with Crippen LogP contribution in [0.25, 0.3) is 21.5 Å². The van der Waals surface area contributed by atoms with Crippen LogP contribution in [0.3, 0.4) is 0 Å². The molecule has 0 saturated carbocycles. The maximum atomic E-state index is 12.1. The Balaban J connectivity index is 1.81. The summed E-state index contributed by atoms with van der Waals surface area (Å²) in [5.74, 6) is 1.41. The van der Waals surface area contributed by atoms with Crippen LogP contribution in [0, 0.1) is 6.92 Å². The molecule has 3 rings (SSSR count). The second-order valence-corrected chi connectivity index (χ2v) is 9.87. The molecular formula is C31H42N2O6. The lowest BCUT2D eigenvalue weighted by atomic mass is 9.99. The summed E-state index contributed by atoms with van der Waals surface area (Å²) in [6, 6.07) is 14.0. The van der Waals surface area contributed by atoms with Crippen molar-refractivity contribution in [2.75, 3.05) is 26.3 Å². The van der Waals surface area contributed by atoms with Gasteiger partial charge in [-0.3, -0.25) is 0 Å². The fourth-order valence-corrected chi connectivity index (χ4v) is 4.18. The van der Waals surface area contributed by atoms with Crippen LogP contribution in [-0.4, -0.2) is 50.7 Å². The second-order valence-electron chi connectivity index (χ2n) is 9.87. The Morgan fingerprint density at radius 1 is 0.718 bits per heavy atom. The Kier molecular flexibility index (Phi) is 11.5. The highest BCUT2D eigenvalue weighted by Crippen LogP contribution is 2.43. The highest BCUT2D eigenvalue weighted by molar-refractivity contribution is 6.11. The van der Waals surface area contributed by atoms with Gasteiger partial charge in [0.2, 0.25) is 0 Å². The molecule has 8 heteroatoms. The molecule has 2 amide bonds. The largest absolute Gasteiger partial charge is 0.488 e. The van der Waals surface area contributed by atoms with Crippen molar-refractivity contribution in [3.63, 3.8) is 0 Å². The fraction of sp³-hybridized carbons (Fsp3) is 0.484. The third kappa shape index (κ3) is 8.67. The van der Waals surface area contributed by atoms with Crippen molar-refractivity contribution < 1.29 is 28.5 Å². The molecule has 3 aromatic rings. The number of fused-ring (bicyclic) bond motifs is 2. The summed E-state index contributed by atoms with van der Waals surface area (Å²) in [5.41, 5.74) is 1.08. The van der Waals surface area contributed by atoms with Gasteiger partial charge in [0.05, 0.1) is 0 Å². The van der Waals surface area contributed by atoms with Crippen LogP contribution in [0.4, 0.5) is 9.59 Å². The van der Waals surface area contributed by atoms with Crippen molar-refractivity contribution in [1.82, 2.24) is 10.6 Å². The first-order valence-corrected chi connectivity index (χ1v) is 13.9. The van der Waals surface area contributed by atoms with Gasteiger partial charge in [-0.25, -0.2) is 9.59 Å². The number of aryl methyl sites for hydroxylation is 1. The average Bonchev–Trinajstić information content (AvgIpc) is 2.90. The van der Waals surface area contributed by atoms with Gasteiger partial charge in [0.1, 0.15) is 36.9 Å². The molecule has 0 aliphatic carbocycles. The monoisotopic (exact) mass is 538 g/mol. The Morgan fingerprint density at radius 2 is 1.18 bits per heavy atom. The molecule has 0 aliphatic heterocycles. The highest BCUT2D eigenvalue weighted by atomic mass is 16.6. The summed E-state index contributed by atoms with van der Waals surface area (Å²) >= 11 is 0. The number of hydrogen-bond acceptors (Lipinski definition) is 6. The summed E-state index contributed by atoms with van der Waals surface area (Å²) < 4.78 is 23.6. The minimum Gasteiger partial charge on any atom is -0.488 e. The van der Waals surface area contributed by atoms with E-state index in [2.05, 4.69) is 30.5 Å². The van der Waals surface area contributed by atoms with E-state index in [0.29, 0.717) is 24.6 Å². The third-order valence-electron chi connectivity index (χ3n) is 6.22. The molecule has 8 nitrogen and oxygen atoms in total. The number of benzene rings is 3. The topological polar surface area (TPSA) is 95.1 Å². The van der Waals surface area contributed by atoms with Crippen molar-refractivity contribution in [1.29, 1.82) is 0 Å². The van der Waals surface area contributed by atoms with Crippen molar-refractivity contribution in [3.8, 4) is 11.5 Å². The number of alkyl carbamates (subject to hydrolysis) is 2. The average molecular weight is 539 g/mol. The Bertz CT molecular complexity index is 1240. The van der Waals surface area contributed by atoms with E-state index < -0.39 is 24.4 Å². The summed E-state index contributed by atoms with van der Waals surface area (Å²) in [5, 5.41) is 9.09. The summed E-state index contributed by atoms with van der Waals surface area (Å²) in [6.07, 6.45) is 2.04. The molecule has 2 atom stereocenters. The fourth-order valence-electron chi connectivity index (χ4n) is 4.18. The summed E-state index contributed by atoms with van der Waals surface area (Å²) in [4.78, 5) is 24.1. The molecule has 2 unspecified atom stereocenters. The predicted octanol–water partition coefficient (Wildman–Crippen LogP) is 6.89. The first-order valence-electron chi connectivity index (χ1n) is 13.9. The van der Waals surface area contributed by atoms with Crippen molar-refractivity contribution in [2.45, 2.75) is 72.5 Å². The number of unbranched alkanes of at least 4 members (excludes halogenated alkanes) is 2. The maximum absolute atomic E-state index is 12.1. The molecule has 0 heterocycles. The van der Waals surface area contributed by atoms with Crippen molar-refractivity contribution in [2.24, 2.45) is 0 Å². The van der Waals surface area contributed by atoms with Gasteiger partial charge in [-0.05, 0) is 39.7 Å². The van der Waals surface area contributed by atoms with E-state index in [1.807, 2.05) is 57.2 Å². The number of rotatable bonds is 14. The van der Waals surface area contributed by atoms with E-state index >= 15 is 0 Å². The van der Waals surface area contributed by atoms with Gasteiger partial charge >= 0.3 is 12.2 Å². The number of carbonyl (C=O) groups excluding carboxylic acids is 2. The van der Waals surface area contributed by atoms with Crippen molar-refractivity contribution in [3.05, 3.63) is 48.0 Å². The van der Waals surface area contributed by atoms with E-state index in [4.69, 9.17) is 18.9 Å². The van der Waals surface area contributed by atoms with Crippen LogP contribution in [0.5, 0.6) is 11.5 Å². The highest BCUT2D eigenvalue weighted by Gasteiger charge is 2.19. The lowest BCUT2D eigenvalue weighted by Gasteiger charge is -2.21. The van der Waals surface area contributed by atoms with Gasteiger partial charge in [-0.2, -0.15) is 0 Å². The summed E-state index contributed by atoms with van der Waals surface area (Å²) in [6.45, 7) is 11.4. The molecule has 0 bridgehead atoms. The molecule has 212 valence electrons. The molecule has 39 heavy (non-hydrogen) atoms. The zero-order chi connectivity index (χ0) is 28.2. The number of hydrogen-bond donors (Lipinski definition) is 2. The number of carbonyl (C=O) groups is 2. The first kappa shape index (κ1) is 29.9. The lowest BCUT2D eigenvalue weighted by Crippen LogP contribution is -2.31. The van der Waals surface area contributed by atoms with Crippen LogP contribution in [0.2, 0.25) is 0 Å². The van der Waals surface area contributed by atoms with E-state index in [0.717, 1.165) is 52.8 Å². The first-order chi connectivity index (χ1) is 18.8. The molecule has 0 saturated heterocycles. The van der Waals surface area contributed by atoms with Gasteiger partial charge < -0.3 is 29.6 Å². The standard InChI is InChI=1S/C31H42N2O6/c1-6-8-16-32-30(34)38-22(4)19-36-28-24-12-10-11-13-25(24)29(27-18-21(3)14-15-26(27)28)37-20-23(5)39-31(35)33-17-9-7-2/h10-15,18,22-23H,6-9,16-17,19-20H2,1-5H3,(H,32,34)(H,33,35). The van der Waals surface area contributed by atoms with Gasteiger partial charge in [-0.1, -0.05) is 68.7 Å². The normalized spacial score (nSPS) is 12.5. The summed E-state index contributed by atoms with van der Waals surface area (Å²) in [7, 11) is 0. The molecule has 0 aliphatic rings. The number of ether oxygens (including phenoxy) is 4. The second kappa shape index (κ2) is 15.0. The molecular weight excluding hydrogens is 496 g/mol. The van der Waals surface area contributed by atoms with E-state index in [1.165, 1.54) is 0 Å². The minimum atomic E-state index is -0.442. The molecule has 0 aromatic heterocycles. The van der Waals surface area contributed by atoms with Crippen LogP contribution < -0.4 is 20.1 Å². The van der Waals surface area contributed by atoms with Gasteiger partial charge in [0.25, 0.3) is 0 Å². The van der Waals surface area contributed by atoms with E-state index in [9.17, 15) is 9.59 Å². The van der Waals surface area contributed by atoms with Gasteiger partial charge in [-0.15, -0.1) is 0 Å². The smallest absolute Gasteiger partial charge is 0.407 e. The SMILES string of the molecule is CCCCNC(=O)OC(C)COc1c2ccccc2c(OCC(C)OC(=O)NCCCC)c2cc(C)ccc12. The number of nitrogens with one attached hydrogen (secondary N) is 2. The molecule has 0 fully saturated rings. The predicted molar refractivity (Wildman–Crippen MR) is 155 cm³/mol. The molecule has 0 spiro atoms. The maximum Gasteiger partial charge on any atom is 0.407 e. The van der Waals surface area contributed by atoms with Gasteiger partial charge in [0, 0.05) is 34.6 Å². The quantitative estimate of drug-likeness (QED) is 0.171. The Morgan fingerprint density at radius 3 is 1.67 bits per heavy atom. The molecule has 2 N–H and O–H groups in total. The molecule has 0 radical (unpaired) electrons. The molecule has 3 aromatic carbocycles. The van der Waals surface area contributed by atoms with E-state index in [-0.39, 0.29) is 13.2 Å². The van der Waals surface area contributed by atoms with Gasteiger partial charge in [0.15, 0.2) is 0 Å². The lowest BCUT2D eigenvalue weighted by molar-refractivity contribution is 0.0751. The Labute approximate surface area is 231 Å². The van der Waals surface area contributed by atoms with Crippen molar-refractivity contribution >= 4 is 33.7 Å². The third-order valence-corrected chi connectivity index (χ3v) is 6.22.